The summed E-state index contributed by atoms with van der Waals surface area (Å²) >= 11 is 3.20. The van der Waals surface area contributed by atoms with Crippen molar-refractivity contribution >= 4 is 39.4 Å². The van der Waals surface area contributed by atoms with E-state index in [0.29, 0.717) is 4.47 Å². The molecule has 102 valence electrons. The molecule has 0 aliphatic rings. The zero-order chi connectivity index (χ0) is 14.6. The lowest BCUT2D eigenvalue weighted by Gasteiger charge is -2.14. The van der Waals surface area contributed by atoms with Crippen LogP contribution in [-0.2, 0) is 9.59 Å². The molecular formula is C12H13BrN2O4. The van der Waals surface area contributed by atoms with Crippen LogP contribution < -0.4 is 10.6 Å². The summed E-state index contributed by atoms with van der Waals surface area (Å²) in [5, 5.41) is 13.9. The minimum absolute atomic E-state index is 0.0217. The standard InChI is InChI=1S/C12H13BrN2O4/c1-6(14-7(2)16)11(17)15-10-5-8(13)3-4-9(10)12(18)19/h3-6H,1-2H3,(H,14,16)(H,15,17)(H,18,19). The average molecular weight is 329 g/mol. The topological polar surface area (TPSA) is 95.5 Å². The first-order chi connectivity index (χ1) is 8.81. The van der Waals surface area contributed by atoms with Crippen molar-refractivity contribution in [1.29, 1.82) is 0 Å². The van der Waals surface area contributed by atoms with E-state index < -0.39 is 17.9 Å². The van der Waals surface area contributed by atoms with Crippen LogP contribution in [0, 0.1) is 0 Å². The van der Waals surface area contributed by atoms with Gasteiger partial charge in [0.15, 0.2) is 0 Å². The van der Waals surface area contributed by atoms with E-state index in [1.807, 2.05) is 0 Å². The van der Waals surface area contributed by atoms with Crippen LogP contribution in [-0.4, -0.2) is 28.9 Å². The number of halogens is 1. The molecule has 1 aromatic rings. The summed E-state index contributed by atoms with van der Waals surface area (Å²) in [5.41, 5.74) is 0.149. The van der Waals surface area contributed by atoms with E-state index in [4.69, 9.17) is 5.11 Å². The summed E-state index contributed by atoms with van der Waals surface area (Å²) in [6.07, 6.45) is 0. The van der Waals surface area contributed by atoms with Crippen LogP contribution in [0.1, 0.15) is 24.2 Å². The molecule has 1 unspecified atom stereocenters. The normalized spacial score (nSPS) is 11.5. The maximum Gasteiger partial charge on any atom is 0.337 e. The average Bonchev–Trinajstić information content (AvgIpc) is 2.27. The smallest absolute Gasteiger partial charge is 0.337 e. The number of benzene rings is 1. The number of hydrogen-bond acceptors (Lipinski definition) is 3. The van der Waals surface area contributed by atoms with Gasteiger partial charge in [0.2, 0.25) is 11.8 Å². The molecule has 0 saturated heterocycles. The second kappa shape index (κ2) is 6.33. The van der Waals surface area contributed by atoms with Crippen molar-refractivity contribution in [1.82, 2.24) is 5.32 Å². The first kappa shape index (κ1) is 15.2. The van der Waals surface area contributed by atoms with E-state index >= 15 is 0 Å². The van der Waals surface area contributed by atoms with Crippen molar-refractivity contribution in [2.24, 2.45) is 0 Å². The summed E-state index contributed by atoms with van der Waals surface area (Å²) in [7, 11) is 0. The molecule has 0 bridgehead atoms. The Hall–Kier alpha value is -1.89. The molecule has 1 rings (SSSR count). The molecule has 6 nitrogen and oxygen atoms in total. The van der Waals surface area contributed by atoms with Crippen molar-refractivity contribution in [3.8, 4) is 0 Å². The fraction of sp³-hybridized carbons (Fsp3) is 0.250. The highest BCUT2D eigenvalue weighted by Gasteiger charge is 2.17. The number of amides is 2. The third-order valence-electron chi connectivity index (χ3n) is 2.28. The maximum atomic E-state index is 11.8. The quantitative estimate of drug-likeness (QED) is 0.782. The Labute approximate surface area is 118 Å². The van der Waals surface area contributed by atoms with E-state index in [2.05, 4.69) is 26.6 Å². The van der Waals surface area contributed by atoms with Gasteiger partial charge >= 0.3 is 5.97 Å². The Morgan fingerprint density at radius 2 is 1.95 bits per heavy atom. The van der Waals surface area contributed by atoms with Gasteiger partial charge in [0.05, 0.1) is 11.3 Å². The van der Waals surface area contributed by atoms with Gasteiger partial charge in [0.25, 0.3) is 0 Å². The largest absolute Gasteiger partial charge is 0.478 e. The van der Waals surface area contributed by atoms with Crippen LogP contribution >= 0.6 is 15.9 Å². The fourth-order valence-electron chi connectivity index (χ4n) is 1.42. The van der Waals surface area contributed by atoms with Crippen molar-refractivity contribution in [2.45, 2.75) is 19.9 Å². The minimum atomic E-state index is -1.14. The minimum Gasteiger partial charge on any atom is -0.478 e. The lowest BCUT2D eigenvalue weighted by Crippen LogP contribution is -2.40. The second-order valence-corrected chi connectivity index (χ2v) is 4.82. The number of carbonyl (C=O) groups is 3. The number of hydrogen-bond donors (Lipinski definition) is 3. The van der Waals surface area contributed by atoms with Crippen LogP contribution in [0.5, 0.6) is 0 Å². The summed E-state index contributed by atoms with van der Waals surface area (Å²) in [6.45, 7) is 2.81. The zero-order valence-electron chi connectivity index (χ0n) is 10.4. The number of nitrogens with one attached hydrogen (secondary N) is 2. The first-order valence-corrected chi connectivity index (χ1v) is 6.21. The third-order valence-corrected chi connectivity index (χ3v) is 2.78. The number of carbonyl (C=O) groups excluding carboxylic acids is 2. The Bertz CT molecular complexity index is 530. The predicted molar refractivity (Wildman–Crippen MR) is 73.0 cm³/mol. The van der Waals surface area contributed by atoms with Crippen LogP contribution in [0.2, 0.25) is 0 Å². The molecule has 0 aliphatic carbocycles. The van der Waals surface area contributed by atoms with Gasteiger partial charge < -0.3 is 15.7 Å². The van der Waals surface area contributed by atoms with Crippen LogP contribution in [0.25, 0.3) is 0 Å². The lowest BCUT2D eigenvalue weighted by molar-refractivity contribution is -0.124. The molecule has 2 amide bonds. The van der Waals surface area contributed by atoms with Gasteiger partial charge in [-0.2, -0.15) is 0 Å². The van der Waals surface area contributed by atoms with Gasteiger partial charge in [-0.3, -0.25) is 9.59 Å². The van der Waals surface area contributed by atoms with Crippen LogP contribution in [0.4, 0.5) is 5.69 Å². The van der Waals surface area contributed by atoms with Gasteiger partial charge in [-0.1, -0.05) is 15.9 Å². The SMILES string of the molecule is CC(=O)NC(C)C(=O)Nc1cc(Br)ccc1C(=O)O. The molecule has 1 atom stereocenters. The lowest BCUT2D eigenvalue weighted by atomic mass is 10.1. The molecule has 0 fully saturated rings. The molecule has 0 aliphatic heterocycles. The molecule has 0 radical (unpaired) electrons. The molecule has 0 saturated carbocycles. The van der Waals surface area contributed by atoms with Crippen molar-refractivity contribution < 1.29 is 19.5 Å². The molecular weight excluding hydrogens is 316 g/mol. The number of anilines is 1. The molecule has 0 spiro atoms. The van der Waals surface area contributed by atoms with Crippen molar-refractivity contribution in [3.05, 3.63) is 28.2 Å². The maximum absolute atomic E-state index is 11.8. The number of rotatable bonds is 4. The van der Waals surface area contributed by atoms with Gasteiger partial charge in [-0.05, 0) is 25.1 Å². The Balaban J connectivity index is 2.92. The molecule has 0 heterocycles. The highest BCUT2D eigenvalue weighted by molar-refractivity contribution is 9.10. The number of carboxylic acid groups (broad SMARTS) is 1. The van der Waals surface area contributed by atoms with Crippen LogP contribution in [0.3, 0.4) is 0 Å². The van der Waals surface area contributed by atoms with Crippen molar-refractivity contribution in [3.63, 3.8) is 0 Å². The van der Waals surface area contributed by atoms with Gasteiger partial charge in [0, 0.05) is 11.4 Å². The van der Waals surface area contributed by atoms with Gasteiger partial charge in [-0.25, -0.2) is 4.79 Å². The zero-order valence-corrected chi connectivity index (χ0v) is 11.9. The molecule has 3 N–H and O–H groups in total. The van der Waals surface area contributed by atoms with E-state index in [-0.39, 0.29) is 17.2 Å². The van der Waals surface area contributed by atoms with Crippen molar-refractivity contribution in [2.75, 3.05) is 5.32 Å². The first-order valence-electron chi connectivity index (χ1n) is 5.42. The summed E-state index contributed by atoms with van der Waals surface area (Å²) in [4.78, 5) is 33.7. The molecule has 1 aromatic carbocycles. The highest BCUT2D eigenvalue weighted by Crippen LogP contribution is 2.21. The molecule has 19 heavy (non-hydrogen) atoms. The monoisotopic (exact) mass is 328 g/mol. The van der Waals surface area contributed by atoms with E-state index in [1.54, 1.807) is 6.07 Å². The molecule has 7 heteroatoms. The van der Waals surface area contributed by atoms with Gasteiger partial charge in [-0.15, -0.1) is 0 Å². The third kappa shape index (κ3) is 4.36. The number of aromatic carboxylic acids is 1. The van der Waals surface area contributed by atoms with Crippen LogP contribution in [0.15, 0.2) is 22.7 Å². The summed E-state index contributed by atoms with van der Waals surface area (Å²) in [6, 6.07) is 3.68. The van der Waals surface area contributed by atoms with E-state index in [0.717, 1.165) is 0 Å². The Kier molecular flexibility index (Phi) is 5.05. The number of carboxylic acids is 1. The Morgan fingerprint density at radius 3 is 2.47 bits per heavy atom. The van der Waals surface area contributed by atoms with Gasteiger partial charge in [0.1, 0.15) is 6.04 Å². The predicted octanol–water partition coefficient (Wildman–Crippen LogP) is 1.61. The van der Waals surface area contributed by atoms with E-state index in [1.165, 1.54) is 26.0 Å². The second-order valence-electron chi connectivity index (χ2n) is 3.91. The summed E-state index contributed by atoms with van der Waals surface area (Å²) < 4.78 is 0.639. The van der Waals surface area contributed by atoms with E-state index in [9.17, 15) is 14.4 Å². The highest BCUT2D eigenvalue weighted by atomic mass is 79.9. The summed E-state index contributed by atoms with van der Waals surface area (Å²) in [5.74, 6) is -1.97. The molecule has 0 aromatic heterocycles. The Morgan fingerprint density at radius 1 is 1.32 bits per heavy atom. The fourth-order valence-corrected chi connectivity index (χ4v) is 1.78.